The van der Waals surface area contributed by atoms with Crippen molar-refractivity contribution >= 4 is 6.09 Å². The second-order valence-corrected chi connectivity index (χ2v) is 4.34. The summed E-state index contributed by atoms with van der Waals surface area (Å²) in [6.45, 7) is 5.45. The number of hydrogen-bond donors (Lipinski definition) is 0. The van der Waals surface area contributed by atoms with Gasteiger partial charge in [0.05, 0.1) is 0 Å². The monoisotopic (exact) mass is 201 g/mol. The molecule has 3 nitrogen and oxygen atoms in total. The molecule has 0 aromatic carbocycles. The van der Waals surface area contributed by atoms with Gasteiger partial charge in [-0.2, -0.15) is 0 Å². The Bertz CT molecular complexity index is 255. The molecule has 0 fully saturated rings. The minimum absolute atomic E-state index is 0.402. The predicted octanol–water partition coefficient (Wildman–Crippen LogP) is 2.48. The lowest BCUT2D eigenvalue weighted by Crippen LogP contribution is -2.32. The maximum Gasteiger partial charge on any atom is 0.414 e. The van der Waals surface area contributed by atoms with Crippen LogP contribution in [0.25, 0.3) is 0 Å². The van der Waals surface area contributed by atoms with Crippen molar-refractivity contribution in [2.45, 2.75) is 32.8 Å². The molecule has 0 bridgehead atoms. The van der Waals surface area contributed by atoms with Gasteiger partial charge in [0.1, 0.15) is 12.3 Å². The Morgan fingerprint density at radius 2 is 2.29 bits per heavy atom. The van der Waals surface area contributed by atoms with Crippen LogP contribution in [0.1, 0.15) is 27.2 Å². The molecule has 0 aromatic heterocycles. The Hall–Kier alpha value is -1.06. The first-order chi connectivity index (χ1) is 6.42. The summed E-state index contributed by atoms with van der Waals surface area (Å²) in [5.74, 6) is 0. The lowest BCUT2D eigenvalue weighted by molar-refractivity contribution is 0.0349. The Morgan fingerprint density at radius 3 is 2.71 bits per heavy atom. The van der Waals surface area contributed by atoms with Crippen LogP contribution in [0.3, 0.4) is 0 Å². The van der Waals surface area contributed by atoms with E-state index in [-0.39, 0.29) is 0 Å². The van der Waals surface area contributed by atoms with Crippen LogP contribution in [0, 0.1) is 0 Å². The molecule has 0 saturated heterocycles. The fraction of sp³-hybridized carbons (Fsp3) is 0.700. The van der Waals surface area contributed by atoms with Gasteiger partial charge in [0, 0.05) is 12.7 Å². The van der Waals surface area contributed by atoms with Gasteiger partial charge in [-0.25, -0.2) is 9.18 Å². The third kappa shape index (κ3) is 3.01. The van der Waals surface area contributed by atoms with E-state index in [0.29, 0.717) is 18.5 Å². The summed E-state index contributed by atoms with van der Waals surface area (Å²) < 4.78 is 17.4. The molecule has 0 aromatic rings. The van der Waals surface area contributed by atoms with Gasteiger partial charge >= 0.3 is 6.09 Å². The number of carbonyl (C=O) groups excluding carboxylic acids is 1. The number of alkyl halides is 1. The van der Waals surface area contributed by atoms with Crippen molar-refractivity contribution in [1.29, 1.82) is 0 Å². The highest BCUT2D eigenvalue weighted by Gasteiger charge is 2.24. The lowest BCUT2D eigenvalue weighted by Gasteiger charge is -2.23. The van der Waals surface area contributed by atoms with E-state index < -0.39 is 18.4 Å². The Labute approximate surface area is 83.5 Å². The van der Waals surface area contributed by atoms with Crippen LogP contribution in [0.15, 0.2) is 11.8 Å². The molecule has 1 aliphatic heterocycles. The van der Waals surface area contributed by atoms with Crippen LogP contribution >= 0.6 is 0 Å². The molecule has 0 saturated carbocycles. The number of halogens is 1. The second kappa shape index (κ2) is 3.98. The van der Waals surface area contributed by atoms with Gasteiger partial charge in [-0.3, -0.25) is 4.90 Å². The Balaban J connectivity index is 2.52. The van der Waals surface area contributed by atoms with Crippen molar-refractivity contribution in [2.75, 3.05) is 13.2 Å². The third-order valence-corrected chi connectivity index (χ3v) is 1.81. The van der Waals surface area contributed by atoms with Crippen molar-refractivity contribution in [3.05, 3.63) is 11.8 Å². The van der Waals surface area contributed by atoms with Crippen LogP contribution < -0.4 is 0 Å². The van der Waals surface area contributed by atoms with Crippen molar-refractivity contribution in [3.8, 4) is 0 Å². The predicted molar refractivity (Wildman–Crippen MR) is 51.6 cm³/mol. The molecule has 1 aliphatic rings. The second-order valence-electron chi connectivity index (χ2n) is 4.34. The quantitative estimate of drug-likeness (QED) is 0.652. The summed E-state index contributed by atoms with van der Waals surface area (Å²) in [6, 6.07) is 0. The molecule has 1 amide bonds. The molecule has 1 rings (SSSR count). The highest BCUT2D eigenvalue weighted by molar-refractivity contribution is 5.70. The Morgan fingerprint density at radius 1 is 1.64 bits per heavy atom. The minimum Gasteiger partial charge on any atom is -0.443 e. The summed E-state index contributed by atoms with van der Waals surface area (Å²) in [4.78, 5) is 12.9. The first-order valence-electron chi connectivity index (χ1n) is 4.67. The summed E-state index contributed by atoms with van der Waals surface area (Å²) in [5.41, 5.74) is 0.152. The van der Waals surface area contributed by atoms with Gasteiger partial charge < -0.3 is 4.74 Å². The van der Waals surface area contributed by atoms with Gasteiger partial charge in [0.2, 0.25) is 0 Å². The highest BCUT2D eigenvalue weighted by atomic mass is 19.1. The SMILES string of the molecule is CC(C)(C)OC(=O)N1C=C(CF)CC1. The highest BCUT2D eigenvalue weighted by Crippen LogP contribution is 2.18. The fourth-order valence-corrected chi connectivity index (χ4v) is 1.18. The fourth-order valence-electron chi connectivity index (χ4n) is 1.18. The average Bonchev–Trinajstić information content (AvgIpc) is 2.48. The maximum absolute atomic E-state index is 12.2. The van der Waals surface area contributed by atoms with E-state index in [1.54, 1.807) is 20.8 Å². The van der Waals surface area contributed by atoms with E-state index >= 15 is 0 Å². The topological polar surface area (TPSA) is 29.5 Å². The molecular formula is C10H16FNO2. The van der Waals surface area contributed by atoms with E-state index in [4.69, 9.17) is 4.74 Å². The Kier molecular flexibility index (Phi) is 3.13. The zero-order valence-corrected chi connectivity index (χ0v) is 8.84. The average molecular weight is 201 g/mol. The third-order valence-electron chi connectivity index (χ3n) is 1.81. The molecule has 0 radical (unpaired) electrons. The van der Waals surface area contributed by atoms with Gasteiger partial charge in [0.15, 0.2) is 0 Å². The van der Waals surface area contributed by atoms with E-state index in [2.05, 4.69) is 0 Å². The number of rotatable bonds is 1. The molecule has 80 valence electrons. The van der Waals surface area contributed by atoms with Crippen LogP contribution in [-0.4, -0.2) is 29.8 Å². The normalized spacial score (nSPS) is 16.9. The van der Waals surface area contributed by atoms with Crippen LogP contribution in [-0.2, 0) is 4.74 Å². The molecule has 0 atom stereocenters. The van der Waals surface area contributed by atoms with Crippen molar-refractivity contribution in [2.24, 2.45) is 0 Å². The van der Waals surface area contributed by atoms with Gasteiger partial charge in [-0.1, -0.05) is 0 Å². The first kappa shape index (κ1) is 11.0. The van der Waals surface area contributed by atoms with Crippen molar-refractivity contribution < 1.29 is 13.9 Å². The largest absolute Gasteiger partial charge is 0.443 e. The summed E-state index contributed by atoms with van der Waals surface area (Å²) >= 11 is 0. The zero-order valence-electron chi connectivity index (χ0n) is 8.84. The summed E-state index contributed by atoms with van der Waals surface area (Å²) in [6.07, 6.45) is 1.74. The first-order valence-corrected chi connectivity index (χ1v) is 4.67. The number of nitrogens with zero attached hydrogens (tertiary/aromatic N) is 1. The number of carbonyl (C=O) groups is 1. The van der Waals surface area contributed by atoms with Crippen molar-refractivity contribution in [3.63, 3.8) is 0 Å². The smallest absolute Gasteiger partial charge is 0.414 e. The molecule has 4 heteroatoms. The summed E-state index contributed by atoms with van der Waals surface area (Å²) in [7, 11) is 0. The standard InChI is InChI=1S/C10H16FNO2/c1-10(2,3)14-9(13)12-5-4-8(6-11)7-12/h7H,4-6H2,1-3H3. The molecule has 14 heavy (non-hydrogen) atoms. The van der Waals surface area contributed by atoms with Crippen LogP contribution in [0.2, 0.25) is 0 Å². The van der Waals surface area contributed by atoms with Gasteiger partial charge in [-0.15, -0.1) is 0 Å². The number of hydrogen-bond acceptors (Lipinski definition) is 2. The van der Waals surface area contributed by atoms with E-state index in [9.17, 15) is 9.18 Å². The van der Waals surface area contributed by atoms with E-state index in [1.807, 2.05) is 0 Å². The molecule has 0 aliphatic carbocycles. The van der Waals surface area contributed by atoms with Gasteiger partial charge in [-0.05, 0) is 32.8 Å². The van der Waals surface area contributed by atoms with Gasteiger partial charge in [0.25, 0.3) is 0 Å². The van der Waals surface area contributed by atoms with Crippen LogP contribution in [0.5, 0.6) is 0 Å². The lowest BCUT2D eigenvalue weighted by atomic mass is 10.2. The molecule has 0 unspecified atom stereocenters. The minimum atomic E-state index is -0.497. The molecule has 0 spiro atoms. The molecule has 0 N–H and O–H groups in total. The molecular weight excluding hydrogens is 185 g/mol. The number of amides is 1. The van der Waals surface area contributed by atoms with Crippen LogP contribution in [0.4, 0.5) is 9.18 Å². The summed E-state index contributed by atoms with van der Waals surface area (Å²) in [5, 5.41) is 0. The van der Waals surface area contributed by atoms with E-state index in [1.165, 1.54) is 11.1 Å². The zero-order chi connectivity index (χ0) is 10.8. The van der Waals surface area contributed by atoms with E-state index in [0.717, 1.165) is 0 Å². The van der Waals surface area contributed by atoms with Crippen molar-refractivity contribution in [1.82, 2.24) is 4.90 Å². The number of ether oxygens (including phenoxy) is 1. The maximum atomic E-state index is 12.2. The molecule has 1 heterocycles.